The normalized spacial score (nSPS) is 14.1. The van der Waals surface area contributed by atoms with Crippen molar-refractivity contribution in [3.8, 4) is 5.75 Å². The quantitative estimate of drug-likeness (QED) is 0.485. The molecule has 1 N–H and O–H groups in total. The van der Waals surface area contributed by atoms with Crippen molar-refractivity contribution in [3.05, 3.63) is 64.2 Å². The molecule has 4 heteroatoms. The second-order valence-corrected chi connectivity index (χ2v) is 9.92. The van der Waals surface area contributed by atoms with Gasteiger partial charge in [0, 0.05) is 5.41 Å². The van der Waals surface area contributed by atoms with Gasteiger partial charge in [0.15, 0.2) is 0 Å². The third kappa shape index (κ3) is 5.17. The van der Waals surface area contributed by atoms with Crippen molar-refractivity contribution < 1.29 is 19.4 Å². The second kappa shape index (κ2) is 10.1. The number of ether oxygens (including phenoxy) is 2. The molecule has 2 rings (SSSR count). The zero-order valence-electron chi connectivity index (χ0n) is 21.2. The zero-order valence-corrected chi connectivity index (χ0v) is 21.2. The molecule has 176 valence electrons. The Morgan fingerprint density at radius 1 is 0.969 bits per heavy atom. The predicted molar refractivity (Wildman–Crippen MR) is 131 cm³/mol. The highest BCUT2D eigenvalue weighted by molar-refractivity contribution is 5.91. The van der Waals surface area contributed by atoms with Crippen LogP contribution in [0.1, 0.15) is 87.0 Å². The number of hydrogen-bond acceptors (Lipinski definition) is 4. The molecule has 0 radical (unpaired) electrons. The number of hydrogen-bond donors (Lipinski definition) is 1. The number of carbonyl (C=O) groups excluding carboxylic acids is 1. The van der Waals surface area contributed by atoms with Crippen molar-refractivity contribution in [2.75, 3.05) is 7.11 Å². The molecule has 0 spiro atoms. The van der Waals surface area contributed by atoms with E-state index < -0.39 is 6.10 Å². The molecule has 2 aromatic rings. The Bertz CT molecular complexity index is 935. The minimum Gasteiger partial charge on any atom is -0.488 e. The van der Waals surface area contributed by atoms with E-state index in [2.05, 4.69) is 39.0 Å². The van der Waals surface area contributed by atoms with Gasteiger partial charge in [0.25, 0.3) is 0 Å². The molecular weight excluding hydrogens is 400 g/mol. The molecule has 0 aliphatic heterocycles. The van der Waals surface area contributed by atoms with Crippen LogP contribution in [-0.2, 0) is 10.2 Å². The average molecular weight is 441 g/mol. The lowest BCUT2D eigenvalue weighted by atomic mass is 9.70. The Balaban J connectivity index is 2.43. The molecule has 2 unspecified atom stereocenters. The molecule has 0 bridgehead atoms. The molecule has 2 aromatic carbocycles. The number of rotatable bonds is 8. The third-order valence-corrected chi connectivity index (χ3v) is 6.76. The molecule has 2 atom stereocenters. The topological polar surface area (TPSA) is 55.8 Å². The Morgan fingerprint density at radius 2 is 1.50 bits per heavy atom. The molecule has 0 aliphatic carbocycles. The van der Waals surface area contributed by atoms with Gasteiger partial charge in [-0.15, -0.1) is 0 Å². The third-order valence-electron chi connectivity index (χ3n) is 6.76. The van der Waals surface area contributed by atoms with E-state index in [4.69, 9.17) is 9.47 Å². The maximum absolute atomic E-state index is 12.0. The lowest BCUT2D eigenvalue weighted by molar-refractivity contribution is -0.0234. The summed E-state index contributed by atoms with van der Waals surface area (Å²) in [4.78, 5) is 12.0. The van der Waals surface area contributed by atoms with E-state index in [1.54, 1.807) is 0 Å². The van der Waals surface area contributed by atoms with E-state index in [9.17, 15) is 9.90 Å². The molecule has 0 aromatic heterocycles. The first-order chi connectivity index (χ1) is 14.9. The van der Waals surface area contributed by atoms with Crippen molar-refractivity contribution in [3.63, 3.8) is 0 Å². The monoisotopic (exact) mass is 440 g/mol. The molecule has 0 saturated carbocycles. The van der Waals surface area contributed by atoms with Gasteiger partial charge in [-0.1, -0.05) is 58.9 Å². The van der Waals surface area contributed by atoms with E-state index in [0.29, 0.717) is 5.56 Å². The number of aliphatic hydroxyl groups is 1. The van der Waals surface area contributed by atoms with Gasteiger partial charge in [-0.05, 0) is 73.4 Å². The van der Waals surface area contributed by atoms with Crippen LogP contribution in [0.5, 0.6) is 5.75 Å². The van der Waals surface area contributed by atoms with Crippen molar-refractivity contribution in [1.29, 1.82) is 0 Å². The van der Waals surface area contributed by atoms with Gasteiger partial charge in [0.2, 0.25) is 0 Å². The summed E-state index contributed by atoms with van der Waals surface area (Å²) in [5.41, 5.74) is 4.56. The largest absolute Gasteiger partial charge is 0.488 e. The van der Waals surface area contributed by atoms with Gasteiger partial charge in [0.1, 0.15) is 11.9 Å². The molecule has 0 amide bonds. The number of methoxy groups -OCH3 is 1. The Kier molecular flexibility index (Phi) is 8.17. The van der Waals surface area contributed by atoms with E-state index in [-0.39, 0.29) is 22.9 Å². The SMILES string of the molecule is CCC(CC)(c1ccc(OC(C)C(O)C(C)(C)C)c(C)c1)c1ccc(C(=O)OC)c(C)c1. The molecule has 0 aliphatic rings. The molecular formula is C28H40O4. The first kappa shape index (κ1) is 25.9. The van der Waals surface area contributed by atoms with Crippen LogP contribution in [0.25, 0.3) is 0 Å². The van der Waals surface area contributed by atoms with Crippen molar-refractivity contribution in [2.24, 2.45) is 5.41 Å². The Labute approximate surface area is 194 Å². The zero-order chi connectivity index (χ0) is 24.3. The lowest BCUT2D eigenvalue weighted by Crippen LogP contribution is -2.39. The predicted octanol–water partition coefficient (Wildman–Crippen LogP) is 6.37. The van der Waals surface area contributed by atoms with Crippen LogP contribution in [0.3, 0.4) is 0 Å². The fraction of sp³-hybridized carbons (Fsp3) is 0.536. The van der Waals surface area contributed by atoms with Gasteiger partial charge in [-0.25, -0.2) is 4.79 Å². The fourth-order valence-corrected chi connectivity index (χ4v) is 4.58. The smallest absolute Gasteiger partial charge is 0.338 e. The molecule has 0 fully saturated rings. The minimum absolute atomic E-state index is 0.167. The average Bonchev–Trinajstić information content (AvgIpc) is 2.75. The van der Waals surface area contributed by atoms with E-state index in [0.717, 1.165) is 29.7 Å². The van der Waals surface area contributed by atoms with Gasteiger partial charge < -0.3 is 14.6 Å². The number of aryl methyl sites for hydroxylation is 2. The number of esters is 1. The van der Waals surface area contributed by atoms with Crippen LogP contribution < -0.4 is 4.74 Å². The summed E-state index contributed by atoms with van der Waals surface area (Å²) in [5, 5.41) is 10.6. The van der Waals surface area contributed by atoms with Crippen LogP contribution >= 0.6 is 0 Å². The van der Waals surface area contributed by atoms with Gasteiger partial charge in [0.05, 0.1) is 18.8 Å². The van der Waals surface area contributed by atoms with Crippen LogP contribution in [0.4, 0.5) is 0 Å². The fourth-order valence-electron chi connectivity index (χ4n) is 4.58. The number of benzene rings is 2. The summed E-state index contributed by atoms with van der Waals surface area (Å²) in [5.74, 6) is 0.486. The van der Waals surface area contributed by atoms with Gasteiger partial charge in [-0.2, -0.15) is 0 Å². The summed E-state index contributed by atoms with van der Waals surface area (Å²) in [6.45, 7) is 16.4. The second-order valence-electron chi connectivity index (χ2n) is 9.92. The highest BCUT2D eigenvalue weighted by Crippen LogP contribution is 2.41. The van der Waals surface area contributed by atoms with E-state index >= 15 is 0 Å². The van der Waals surface area contributed by atoms with Crippen LogP contribution in [0, 0.1) is 19.3 Å². The molecule has 32 heavy (non-hydrogen) atoms. The van der Waals surface area contributed by atoms with Gasteiger partial charge in [-0.3, -0.25) is 0 Å². The minimum atomic E-state index is -0.566. The molecule has 0 saturated heterocycles. The lowest BCUT2D eigenvalue weighted by Gasteiger charge is -2.35. The molecule has 0 heterocycles. The summed E-state index contributed by atoms with van der Waals surface area (Å²) < 4.78 is 11.1. The van der Waals surface area contributed by atoms with Crippen molar-refractivity contribution in [2.45, 2.75) is 85.9 Å². The highest BCUT2D eigenvalue weighted by Gasteiger charge is 2.33. The summed E-state index contributed by atoms with van der Waals surface area (Å²) in [6.07, 6.45) is 0.983. The first-order valence-corrected chi connectivity index (χ1v) is 11.6. The number of aliphatic hydroxyl groups excluding tert-OH is 1. The summed E-state index contributed by atoms with van der Waals surface area (Å²) in [7, 11) is 1.41. The van der Waals surface area contributed by atoms with E-state index in [1.807, 2.05) is 52.8 Å². The Morgan fingerprint density at radius 3 is 1.94 bits per heavy atom. The molecule has 4 nitrogen and oxygen atoms in total. The van der Waals surface area contributed by atoms with Crippen molar-refractivity contribution in [1.82, 2.24) is 0 Å². The highest BCUT2D eigenvalue weighted by atomic mass is 16.5. The summed E-state index contributed by atoms with van der Waals surface area (Å²) in [6, 6.07) is 12.4. The van der Waals surface area contributed by atoms with Crippen LogP contribution in [-0.4, -0.2) is 30.4 Å². The maximum Gasteiger partial charge on any atom is 0.338 e. The first-order valence-electron chi connectivity index (χ1n) is 11.6. The maximum atomic E-state index is 12.0. The number of carbonyl (C=O) groups is 1. The Hall–Kier alpha value is -2.33. The van der Waals surface area contributed by atoms with Crippen molar-refractivity contribution >= 4 is 5.97 Å². The van der Waals surface area contributed by atoms with E-state index in [1.165, 1.54) is 18.2 Å². The van der Waals surface area contributed by atoms with Crippen LogP contribution in [0.2, 0.25) is 0 Å². The summed E-state index contributed by atoms with van der Waals surface area (Å²) >= 11 is 0. The standard InChI is InChI=1S/C28H40O4/c1-10-28(11-2,21-12-14-23(18(3)16-21)26(30)31-9)22-13-15-24(19(4)17-22)32-20(5)25(29)27(6,7)8/h12-17,20,25,29H,10-11H2,1-9H3. The van der Waals surface area contributed by atoms with Gasteiger partial charge >= 0.3 is 5.97 Å². The van der Waals surface area contributed by atoms with Crippen LogP contribution in [0.15, 0.2) is 36.4 Å².